The van der Waals surface area contributed by atoms with E-state index in [1.165, 1.54) is 50.8 Å². The number of carbonyl (C=O) groups excluding carboxylic acids is 3. The van der Waals surface area contributed by atoms with Gasteiger partial charge in [0.2, 0.25) is 0 Å². The van der Waals surface area contributed by atoms with Gasteiger partial charge in [-0.05, 0) is 49.2 Å². The number of fused-ring (bicyclic) bond motifs is 1. The predicted octanol–water partition coefficient (Wildman–Crippen LogP) is 3.61. The molecular weight excluding hydrogens is 390 g/mol. The Labute approximate surface area is 183 Å². The van der Waals surface area contributed by atoms with Crippen LogP contribution in [0.5, 0.6) is 0 Å². The summed E-state index contributed by atoms with van der Waals surface area (Å²) in [6.07, 6.45) is 6.45. The van der Waals surface area contributed by atoms with Gasteiger partial charge in [-0.15, -0.1) is 0 Å². The molecule has 0 atom stereocenters. The molecule has 1 N–H and O–H groups in total. The Morgan fingerprint density at radius 3 is 2.42 bits per heavy atom. The molecule has 3 amide bonds. The van der Waals surface area contributed by atoms with E-state index in [0.29, 0.717) is 23.7 Å². The molecule has 2 aromatic rings. The average Bonchev–Trinajstić information content (AvgIpc) is 3.02. The van der Waals surface area contributed by atoms with Crippen LogP contribution < -0.4 is 5.32 Å². The summed E-state index contributed by atoms with van der Waals surface area (Å²) >= 11 is 0. The molecule has 4 rings (SSSR count). The van der Waals surface area contributed by atoms with E-state index in [-0.39, 0.29) is 23.3 Å². The Hall–Kier alpha value is -2.99. The van der Waals surface area contributed by atoms with Gasteiger partial charge in [-0.1, -0.05) is 43.5 Å². The van der Waals surface area contributed by atoms with Gasteiger partial charge in [0.1, 0.15) is 0 Å². The summed E-state index contributed by atoms with van der Waals surface area (Å²) < 4.78 is 0. The standard InChI is InChI=1S/C25H29N3O3/c1-27(20-10-4-3-5-11-20)16-19-9-7-6-8-18(19)15-26-23(29)17-12-13-21-22(14-17)25(31)28(2)24(21)30/h6-9,12-14,20H,3-5,10-11,15-16H2,1-2H3,(H,26,29). The number of imide groups is 1. The summed E-state index contributed by atoms with van der Waals surface area (Å²) in [5, 5.41) is 2.97. The second-order valence-corrected chi connectivity index (χ2v) is 8.59. The lowest BCUT2D eigenvalue weighted by Gasteiger charge is -2.31. The zero-order valence-electron chi connectivity index (χ0n) is 18.2. The van der Waals surface area contributed by atoms with Crippen LogP contribution in [0.1, 0.15) is 74.3 Å². The molecular formula is C25H29N3O3. The summed E-state index contributed by atoms with van der Waals surface area (Å²) in [7, 11) is 3.64. The molecule has 0 spiro atoms. The van der Waals surface area contributed by atoms with Gasteiger partial charge in [0.05, 0.1) is 11.1 Å². The number of amides is 3. The van der Waals surface area contributed by atoms with Crippen LogP contribution in [-0.4, -0.2) is 47.7 Å². The molecule has 6 heteroatoms. The largest absolute Gasteiger partial charge is 0.348 e. The maximum Gasteiger partial charge on any atom is 0.261 e. The summed E-state index contributed by atoms with van der Waals surface area (Å²) in [6, 6.07) is 13.5. The molecule has 1 saturated carbocycles. The van der Waals surface area contributed by atoms with Crippen LogP contribution >= 0.6 is 0 Å². The number of hydrogen-bond donors (Lipinski definition) is 1. The van der Waals surface area contributed by atoms with Crippen molar-refractivity contribution in [1.29, 1.82) is 0 Å². The van der Waals surface area contributed by atoms with Crippen LogP contribution in [0.2, 0.25) is 0 Å². The SMILES string of the molecule is CN1C(=O)c2ccc(C(=O)NCc3ccccc3CN(C)C3CCCCC3)cc2C1=O. The van der Waals surface area contributed by atoms with E-state index in [2.05, 4.69) is 23.3 Å². The number of rotatable bonds is 6. The second kappa shape index (κ2) is 9.02. The van der Waals surface area contributed by atoms with Crippen LogP contribution in [0, 0.1) is 0 Å². The predicted molar refractivity (Wildman–Crippen MR) is 119 cm³/mol. The number of nitrogens with zero attached hydrogens (tertiary/aromatic N) is 2. The molecule has 1 aliphatic carbocycles. The second-order valence-electron chi connectivity index (χ2n) is 8.59. The third-order valence-electron chi connectivity index (χ3n) is 6.53. The van der Waals surface area contributed by atoms with Crippen LogP contribution in [-0.2, 0) is 13.1 Å². The molecule has 2 aromatic carbocycles. The summed E-state index contributed by atoms with van der Waals surface area (Å²) in [5.41, 5.74) is 3.32. The highest BCUT2D eigenvalue weighted by Crippen LogP contribution is 2.24. The minimum Gasteiger partial charge on any atom is -0.348 e. The Morgan fingerprint density at radius 1 is 1.00 bits per heavy atom. The van der Waals surface area contributed by atoms with E-state index in [9.17, 15) is 14.4 Å². The van der Waals surface area contributed by atoms with Gasteiger partial charge in [-0.25, -0.2) is 0 Å². The lowest BCUT2D eigenvalue weighted by Crippen LogP contribution is -2.33. The maximum atomic E-state index is 12.7. The molecule has 31 heavy (non-hydrogen) atoms. The van der Waals surface area contributed by atoms with Crippen molar-refractivity contribution in [3.8, 4) is 0 Å². The Kier molecular flexibility index (Phi) is 6.18. The molecule has 2 aliphatic rings. The minimum atomic E-state index is -0.370. The topological polar surface area (TPSA) is 69.7 Å². The van der Waals surface area contributed by atoms with E-state index < -0.39 is 0 Å². The Morgan fingerprint density at radius 2 is 1.68 bits per heavy atom. The number of carbonyl (C=O) groups is 3. The van der Waals surface area contributed by atoms with E-state index >= 15 is 0 Å². The molecule has 1 aliphatic heterocycles. The van der Waals surface area contributed by atoms with Crippen molar-refractivity contribution >= 4 is 17.7 Å². The fourth-order valence-corrected chi connectivity index (χ4v) is 4.58. The summed E-state index contributed by atoms with van der Waals surface area (Å²) in [6.45, 7) is 1.27. The van der Waals surface area contributed by atoms with Crippen LogP contribution in [0.4, 0.5) is 0 Å². The number of hydrogen-bond acceptors (Lipinski definition) is 4. The maximum absolute atomic E-state index is 12.7. The molecule has 0 bridgehead atoms. The first-order chi connectivity index (χ1) is 15.0. The third-order valence-corrected chi connectivity index (χ3v) is 6.53. The van der Waals surface area contributed by atoms with Crippen LogP contribution in [0.15, 0.2) is 42.5 Å². The fraction of sp³-hybridized carbons (Fsp3) is 0.400. The molecule has 162 valence electrons. The lowest BCUT2D eigenvalue weighted by atomic mass is 9.94. The summed E-state index contributed by atoms with van der Waals surface area (Å²) in [5.74, 6) is -0.957. The monoisotopic (exact) mass is 419 g/mol. The van der Waals surface area contributed by atoms with Crippen molar-refractivity contribution < 1.29 is 14.4 Å². The fourth-order valence-electron chi connectivity index (χ4n) is 4.58. The third kappa shape index (κ3) is 4.39. The van der Waals surface area contributed by atoms with Crippen molar-refractivity contribution in [2.45, 2.75) is 51.2 Å². The first kappa shape index (κ1) is 21.2. The molecule has 6 nitrogen and oxygen atoms in total. The van der Waals surface area contributed by atoms with Gasteiger partial charge in [-0.3, -0.25) is 24.2 Å². The Balaban J connectivity index is 1.42. The molecule has 1 fully saturated rings. The molecule has 0 unspecified atom stereocenters. The van der Waals surface area contributed by atoms with Crippen molar-refractivity contribution in [3.63, 3.8) is 0 Å². The highest BCUT2D eigenvalue weighted by Gasteiger charge is 2.33. The van der Waals surface area contributed by atoms with E-state index in [0.717, 1.165) is 17.0 Å². The molecule has 0 radical (unpaired) electrons. The lowest BCUT2D eigenvalue weighted by molar-refractivity contribution is 0.0693. The van der Waals surface area contributed by atoms with Crippen molar-refractivity contribution in [2.75, 3.05) is 14.1 Å². The first-order valence-corrected chi connectivity index (χ1v) is 11.0. The van der Waals surface area contributed by atoms with Crippen molar-refractivity contribution in [1.82, 2.24) is 15.1 Å². The van der Waals surface area contributed by atoms with Gasteiger partial charge in [0.25, 0.3) is 17.7 Å². The van der Waals surface area contributed by atoms with Gasteiger partial charge >= 0.3 is 0 Å². The highest BCUT2D eigenvalue weighted by molar-refractivity contribution is 6.21. The summed E-state index contributed by atoms with van der Waals surface area (Å²) in [4.78, 5) is 40.5. The smallest absolute Gasteiger partial charge is 0.261 e. The van der Waals surface area contributed by atoms with Crippen molar-refractivity contribution in [3.05, 3.63) is 70.3 Å². The van der Waals surface area contributed by atoms with Crippen molar-refractivity contribution in [2.24, 2.45) is 0 Å². The average molecular weight is 420 g/mol. The molecule has 1 heterocycles. The number of benzene rings is 2. The molecule has 0 aromatic heterocycles. The van der Waals surface area contributed by atoms with E-state index in [1.54, 1.807) is 12.1 Å². The van der Waals surface area contributed by atoms with Gasteiger partial charge < -0.3 is 5.32 Å². The van der Waals surface area contributed by atoms with E-state index in [4.69, 9.17) is 0 Å². The zero-order valence-corrected chi connectivity index (χ0v) is 18.2. The Bertz CT molecular complexity index is 1010. The van der Waals surface area contributed by atoms with Crippen LogP contribution in [0.3, 0.4) is 0 Å². The minimum absolute atomic E-state index is 0.256. The van der Waals surface area contributed by atoms with Crippen LogP contribution in [0.25, 0.3) is 0 Å². The zero-order chi connectivity index (χ0) is 22.0. The molecule has 0 saturated heterocycles. The van der Waals surface area contributed by atoms with Gasteiger partial charge in [0, 0.05) is 31.7 Å². The van der Waals surface area contributed by atoms with Gasteiger partial charge in [0.15, 0.2) is 0 Å². The highest BCUT2D eigenvalue weighted by atomic mass is 16.2. The van der Waals surface area contributed by atoms with Gasteiger partial charge in [-0.2, -0.15) is 0 Å². The number of nitrogens with one attached hydrogen (secondary N) is 1. The normalized spacial score (nSPS) is 16.7. The van der Waals surface area contributed by atoms with E-state index in [1.807, 2.05) is 18.2 Å². The quantitative estimate of drug-likeness (QED) is 0.727. The first-order valence-electron chi connectivity index (χ1n) is 11.0.